The van der Waals surface area contributed by atoms with Gasteiger partial charge in [-0.1, -0.05) is 5.16 Å². The number of hydrogen-bond acceptors (Lipinski definition) is 7. The van der Waals surface area contributed by atoms with Crippen LogP contribution in [0.3, 0.4) is 0 Å². The molecule has 1 amide bonds. The molecule has 1 aromatic rings. The van der Waals surface area contributed by atoms with Gasteiger partial charge in [0.25, 0.3) is 0 Å². The maximum Gasteiger partial charge on any atom is 0.229 e. The van der Waals surface area contributed by atoms with E-state index in [1.54, 1.807) is 11.8 Å². The van der Waals surface area contributed by atoms with Crippen molar-refractivity contribution >= 4 is 15.7 Å². The van der Waals surface area contributed by atoms with E-state index in [1.165, 1.54) is 0 Å². The molecule has 0 saturated carbocycles. The van der Waals surface area contributed by atoms with Gasteiger partial charge in [-0.25, -0.2) is 8.42 Å². The first-order valence-corrected chi connectivity index (χ1v) is 9.76. The summed E-state index contributed by atoms with van der Waals surface area (Å²) in [7, 11) is -3.11. The standard InChI is InChI=1S/C14H21N3O5S/c1-9-15-13(22-16-9)6-11-5-10-7-17(8-12(10)21-11)14(18)3-4-23(2,19)20/h10-12H,3-8H2,1-2H3/t10-,11+,12+/m0/s1. The van der Waals surface area contributed by atoms with Crippen LogP contribution < -0.4 is 0 Å². The SMILES string of the molecule is Cc1noc(C[C@H]2C[C@H]3CN(C(=O)CCS(C)(=O)=O)C[C@H]3O2)n1. The van der Waals surface area contributed by atoms with Gasteiger partial charge in [0.15, 0.2) is 5.82 Å². The molecule has 2 aliphatic rings. The lowest BCUT2D eigenvalue weighted by Gasteiger charge is -2.18. The number of likely N-dealkylation sites (tertiary alicyclic amines) is 1. The molecule has 1 aromatic heterocycles. The van der Waals surface area contributed by atoms with Gasteiger partial charge in [-0.15, -0.1) is 0 Å². The topological polar surface area (TPSA) is 103 Å². The molecule has 0 aliphatic carbocycles. The molecule has 2 aliphatic heterocycles. The van der Waals surface area contributed by atoms with Crippen molar-refractivity contribution in [1.29, 1.82) is 0 Å². The Morgan fingerprint density at radius 2 is 2.17 bits per heavy atom. The fraction of sp³-hybridized carbons (Fsp3) is 0.786. The predicted molar refractivity (Wildman–Crippen MR) is 80.4 cm³/mol. The molecule has 2 saturated heterocycles. The molecule has 3 heterocycles. The van der Waals surface area contributed by atoms with Crippen molar-refractivity contribution in [3.05, 3.63) is 11.7 Å². The number of carbonyl (C=O) groups excluding carboxylic acids is 1. The van der Waals surface area contributed by atoms with E-state index >= 15 is 0 Å². The van der Waals surface area contributed by atoms with Crippen LogP contribution in [0.4, 0.5) is 0 Å². The average molecular weight is 343 g/mol. The highest BCUT2D eigenvalue weighted by Crippen LogP contribution is 2.34. The predicted octanol–water partition coefficient (Wildman–Crippen LogP) is -0.0289. The van der Waals surface area contributed by atoms with Crippen LogP contribution >= 0.6 is 0 Å². The van der Waals surface area contributed by atoms with Crippen molar-refractivity contribution in [3.8, 4) is 0 Å². The molecule has 0 aromatic carbocycles. The van der Waals surface area contributed by atoms with Crippen molar-refractivity contribution in [1.82, 2.24) is 15.0 Å². The monoisotopic (exact) mass is 343 g/mol. The molecular weight excluding hydrogens is 322 g/mol. The molecule has 0 radical (unpaired) electrons. The summed E-state index contributed by atoms with van der Waals surface area (Å²) < 4.78 is 33.4. The van der Waals surface area contributed by atoms with Crippen LogP contribution in [0.5, 0.6) is 0 Å². The maximum absolute atomic E-state index is 12.1. The molecule has 2 fully saturated rings. The summed E-state index contributed by atoms with van der Waals surface area (Å²) in [6.07, 6.45) is 2.69. The van der Waals surface area contributed by atoms with Gasteiger partial charge in [0.05, 0.1) is 24.4 Å². The Balaban J connectivity index is 1.48. The van der Waals surface area contributed by atoms with Crippen molar-refractivity contribution in [2.45, 2.75) is 38.4 Å². The van der Waals surface area contributed by atoms with E-state index in [-0.39, 0.29) is 30.3 Å². The average Bonchev–Trinajstić information content (AvgIpc) is 3.10. The molecular formula is C14H21N3O5S. The van der Waals surface area contributed by atoms with Gasteiger partial charge in [-0.2, -0.15) is 4.98 Å². The van der Waals surface area contributed by atoms with Crippen LogP contribution in [-0.4, -0.2) is 66.7 Å². The minimum atomic E-state index is -3.11. The smallest absolute Gasteiger partial charge is 0.229 e. The Hall–Kier alpha value is -1.48. The summed E-state index contributed by atoms with van der Waals surface area (Å²) >= 11 is 0. The molecule has 9 heteroatoms. The van der Waals surface area contributed by atoms with E-state index in [9.17, 15) is 13.2 Å². The second kappa shape index (κ2) is 6.20. The molecule has 3 rings (SSSR count). The zero-order valence-electron chi connectivity index (χ0n) is 13.3. The van der Waals surface area contributed by atoms with E-state index in [0.29, 0.717) is 37.1 Å². The Morgan fingerprint density at radius 1 is 1.39 bits per heavy atom. The highest BCUT2D eigenvalue weighted by atomic mass is 32.2. The number of amides is 1. The third kappa shape index (κ3) is 4.08. The van der Waals surface area contributed by atoms with Gasteiger partial charge in [-0.05, 0) is 13.3 Å². The highest BCUT2D eigenvalue weighted by Gasteiger charge is 2.43. The minimum absolute atomic E-state index is 0.0196. The third-order valence-electron chi connectivity index (χ3n) is 4.33. The number of rotatable bonds is 5. The lowest BCUT2D eigenvalue weighted by Crippen LogP contribution is -2.32. The number of carbonyl (C=O) groups is 1. The van der Waals surface area contributed by atoms with Gasteiger partial charge in [0.2, 0.25) is 11.8 Å². The summed E-state index contributed by atoms with van der Waals surface area (Å²) in [6, 6.07) is 0. The highest BCUT2D eigenvalue weighted by molar-refractivity contribution is 7.90. The normalized spacial score (nSPS) is 27.4. The quantitative estimate of drug-likeness (QED) is 0.739. The number of aromatic nitrogens is 2. The zero-order chi connectivity index (χ0) is 16.6. The van der Waals surface area contributed by atoms with Gasteiger partial charge in [-0.3, -0.25) is 4.79 Å². The number of nitrogens with zero attached hydrogens (tertiary/aromatic N) is 3. The van der Waals surface area contributed by atoms with E-state index in [2.05, 4.69) is 10.1 Å². The molecule has 8 nitrogen and oxygen atoms in total. The maximum atomic E-state index is 12.1. The van der Waals surface area contributed by atoms with Crippen LogP contribution in [0.2, 0.25) is 0 Å². The van der Waals surface area contributed by atoms with Crippen molar-refractivity contribution < 1.29 is 22.5 Å². The lowest BCUT2D eigenvalue weighted by atomic mass is 10.0. The Labute approximate surface area is 135 Å². The summed E-state index contributed by atoms with van der Waals surface area (Å²) in [5.41, 5.74) is 0. The van der Waals surface area contributed by atoms with E-state index in [4.69, 9.17) is 9.26 Å². The molecule has 0 N–H and O–H groups in total. The molecule has 128 valence electrons. The summed E-state index contributed by atoms with van der Waals surface area (Å²) in [5.74, 6) is 1.27. The van der Waals surface area contributed by atoms with E-state index < -0.39 is 9.84 Å². The number of fused-ring (bicyclic) bond motifs is 1. The van der Waals surface area contributed by atoms with Crippen molar-refractivity contribution in [2.75, 3.05) is 25.1 Å². The molecule has 23 heavy (non-hydrogen) atoms. The summed E-state index contributed by atoms with van der Waals surface area (Å²) in [6.45, 7) is 2.94. The molecule has 0 unspecified atom stereocenters. The summed E-state index contributed by atoms with van der Waals surface area (Å²) in [5, 5.41) is 3.76. The lowest BCUT2D eigenvalue weighted by molar-refractivity contribution is -0.130. The first-order chi connectivity index (χ1) is 10.8. The van der Waals surface area contributed by atoms with Gasteiger partial charge < -0.3 is 14.2 Å². The van der Waals surface area contributed by atoms with Crippen molar-refractivity contribution in [3.63, 3.8) is 0 Å². The second-order valence-electron chi connectivity index (χ2n) is 6.41. The van der Waals surface area contributed by atoms with Crippen LogP contribution in [0.25, 0.3) is 0 Å². The Kier molecular flexibility index (Phi) is 4.41. The fourth-order valence-electron chi connectivity index (χ4n) is 3.25. The first-order valence-electron chi connectivity index (χ1n) is 7.70. The zero-order valence-corrected chi connectivity index (χ0v) is 14.1. The summed E-state index contributed by atoms with van der Waals surface area (Å²) in [4.78, 5) is 18.0. The number of hydrogen-bond donors (Lipinski definition) is 0. The Morgan fingerprint density at radius 3 is 2.78 bits per heavy atom. The van der Waals surface area contributed by atoms with Crippen LogP contribution in [-0.2, 0) is 25.8 Å². The van der Waals surface area contributed by atoms with Gasteiger partial charge in [0, 0.05) is 31.7 Å². The van der Waals surface area contributed by atoms with Crippen LogP contribution in [0, 0.1) is 12.8 Å². The fourth-order valence-corrected chi connectivity index (χ4v) is 3.79. The number of ether oxygens (including phenoxy) is 1. The van der Waals surface area contributed by atoms with Gasteiger partial charge >= 0.3 is 0 Å². The van der Waals surface area contributed by atoms with Crippen molar-refractivity contribution in [2.24, 2.45) is 5.92 Å². The van der Waals surface area contributed by atoms with E-state index in [0.717, 1.165) is 12.7 Å². The molecule has 3 atom stereocenters. The van der Waals surface area contributed by atoms with E-state index in [1.807, 2.05) is 0 Å². The molecule has 0 bridgehead atoms. The van der Waals surface area contributed by atoms with Gasteiger partial charge in [0.1, 0.15) is 9.84 Å². The molecule has 0 spiro atoms. The van der Waals surface area contributed by atoms with Crippen LogP contribution in [0.1, 0.15) is 24.6 Å². The first kappa shape index (κ1) is 16.4. The largest absolute Gasteiger partial charge is 0.372 e. The van der Waals surface area contributed by atoms with Crippen LogP contribution in [0.15, 0.2) is 4.52 Å². The second-order valence-corrected chi connectivity index (χ2v) is 8.67. The third-order valence-corrected chi connectivity index (χ3v) is 5.27. The Bertz CT molecular complexity index is 672. The minimum Gasteiger partial charge on any atom is -0.372 e. The number of sulfone groups is 1. The number of aryl methyl sites for hydroxylation is 1.